The van der Waals surface area contributed by atoms with E-state index in [1.807, 2.05) is 0 Å². The molecule has 1 heterocycles. The van der Waals surface area contributed by atoms with Crippen LogP contribution in [0.4, 0.5) is 13.2 Å². The second-order valence-corrected chi connectivity index (χ2v) is 4.51. The highest BCUT2D eigenvalue weighted by molar-refractivity contribution is 7.04. The van der Waals surface area contributed by atoms with E-state index in [4.69, 9.17) is 10.5 Å². The number of aromatic nitrogens is 1. The van der Waals surface area contributed by atoms with Gasteiger partial charge in [0.05, 0.1) is 5.56 Å². The van der Waals surface area contributed by atoms with Crippen molar-refractivity contribution >= 4 is 17.4 Å². The van der Waals surface area contributed by atoms with Crippen molar-refractivity contribution in [1.82, 2.24) is 4.37 Å². The maximum atomic E-state index is 12.4. The van der Waals surface area contributed by atoms with Crippen LogP contribution in [0.15, 0.2) is 29.6 Å². The van der Waals surface area contributed by atoms with Crippen LogP contribution in [0.1, 0.15) is 21.5 Å². The van der Waals surface area contributed by atoms with Gasteiger partial charge < -0.3 is 10.5 Å². The molecule has 0 aliphatic heterocycles. The first kappa shape index (κ1) is 14.3. The molecule has 0 unspecified atom stereocenters. The van der Waals surface area contributed by atoms with Gasteiger partial charge in [0.1, 0.15) is 12.2 Å². The predicted molar refractivity (Wildman–Crippen MR) is 66.4 cm³/mol. The number of benzene rings is 1. The van der Waals surface area contributed by atoms with Gasteiger partial charge in [0.2, 0.25) is 5.88 Å². The van der Waals surface area contributed by atoms with E-state index in [2.05, 4.69) is 4.37 Å². The number of carbonyl (C=O) groups excluding carboxylic acids is 1. The van der Waals surface area contributed by atoms with Crippen LogP contribution in [-0.2, 0) is 12.8 Å². The van der Waals surface area contributed by atoms with E-state index >= 15 is 0 Å². The Morgan fingerprint density at radius 1 is 1.30 bits per heavy atom. The molecule has 2 aromatic rings. The number of ether oxygens (including phenoxy) is 1. The van der Waals surface area contributed by atoms with E-state index in [0.29, 0.717) is 5.56 Å². The van der Waals surface area contributed by atoms with Crippen molar-refractivity contribution in [3.8, 4) is 5.88 Å². The monoisotopic (exact) mass is 302 g/mol. The van der Waals surface area contributed by atoms with Crippen molar-refractivity contribution in [2.75, 3.05) is 0 Å². The average Bonchev–Trinajstić information content (AvgIpc) is 2.84. The summed E-state index contributed by atoms with van der Waals surface area (Å²) in [5.74, 6) is -0.580. The third-order valence-electron chi connectivity index (χ3n) is 2.46. The van der Waals surface area contributed by atoms with Gasteiger partial charge in [-0.05, 0) is 29.2 Å². The third kappa shape index (κ3) is 3.27. The highest BCUT2D eigenvalue weighted by atomic mass is 32.1. The number of primary amides is 1. The number of nitrogens with two attached hydrogens (primary N) is 1. The Hall–Kier alpha value is -2.09. The molecule has 0 radical (unpaired) electrons. The molecule has 1 aromatic heterocycles. The van der Waals surface area contributed by atoms with Crippen molar-refractivity contribution in [3.63, 3.8) is 0 Å². The molecule has 4 nitrogen and oxygen atoms in total. The molecule has 2 N–H and O–H groups in total. The van der Waals surface area contributed by atoms with Crippen LogP contribution < -0.4 is 10.5 Å². The van der Waals surface area contributed by atoms with Crippen molar-refractivity contribution in [3.05, 3.63) is 46.3 Å². The molecule has 1 amide bonds. The summed E-state index contributed by atoms with van der Waals surface area (Å²) in [5, 5.41) is 1.45. The Kier molecular flexibility index (Phi) is 3.93. The number of alkyl halides is 3. The highest BCUT2D eigenvalue weighted by Gasteiger charge is 2.29. The average molecular weight is 302 g/mol. The summed E-state index contributed by atoms with van der Waals surface area (Å²) >= 11 is 1.01. The Balaban J connectivity index is 2.04. The topological polar surface area (TPSA) is 65.2 Å². The zero-order valence-corrected chi connectivity index (χ0v) is 10.8. The van der Waals surface area contributed by atoms with Gasteiger partial charge in [-0.1, -0.05) is 12.1 Å². The summed E-state index contributed by atoms with van der Waals surface area (Å²) < 4.78 is 46.3. The maximum Gasteiger partial charge on any atom is 0.416 e. The summed E-state index contributed by atoms with van der Waals surface area (Å²) in [4.78, 5) is 11.0. The molecule has 8 heteroatoms. The molecule has 2 rings (SSSR count). The van der Waals surface area contributed by atoms with Crippen LogP contribution in [0.2, 0.25) is 0 Å². The summed E-state index contributed by atoms with van der Waals surface area (Å²) in [6, 6.07) is 4.54. The molecule has 0 fully saturated rings. The van der Waals surface area contributed by atoms with Gasteiger partial charge in [0, 0.05) is 5.38 Å². The van der Waals surface area contributed by atoms with E-state index in [1.165, 1.54) is 17.5 Å². The number of amides is 1. The first-order valence-electron chi connectivity index (χ1n) is 5.41. The molecular weight excluding hydrogens is 293 g/mol. The predicted octanol–water partition coefficient (Wildman–Crippen LogP) is 2.84. The summed E-state index contributed by atoms with van der Waals surface area (Å²) in [5.41, 5.74) is 5.07. The fourth-order valence-electron chi connectivity index (χ4n) is 1.44. The molecule has 0 bridgehead atoms. The van der Waals surface area contributed by atoms with E-state index in [9.17, 15) is 18.0 Å². The van der Waals surface area contributed by atoms with Gasteiger partial charge >= 0.3 is 6.18 Å². The molecule has 0 spiro atoms. The first-order chi connectivity index (χ1) is 9.38. The first-order valence-corrected chi connectivity index (χ1v) is 6.24. The molecule has 0 saturated carbocycles. The number of hydrogen-bond acceptors (Lipinski definition) is 4. The summed E-state index contributed by atoms with van der Waals surface area (Å²) in [7, 11) is 0. The lowest BCUT2D eigenvalue weighted by molar-refractivity contribution is -0.137. The van der Waals surface area contributed by atoms with E-state index < -0.39 is 17.6 Å². The van der Waals surface area contributed by atoms with Crippen LogP contribution in [0, 0.1) is 0 Å². The highest BCUT2D eigenvalue weighted by Crippen LogP contribution is 2.29. The SMILES string of the molecule is NC(=O)c1csnc1OCc1ccc(C(F)(F)F)cc1. The van der Waals surface area contributed by atoms with Gasteiger partial charge in [-0.2, -0.15) is 17.5 Å². The molecular formula is C12H9F3N2O2S. The van der Waals surface area contributed by atoms with Crippen molar-refractivity contribution in [1.29, 1.82) is 0 Å². The molecule has 0 aliphatic carbocycles. The van der Waals surface area contributed by atoms with Crippen LogP contribution in [0.5, 0.6) is 5.88 Å². The van der Waals surface area contributed by atoms with Crippen LogP contribution in [-0.4, -0.2) is 10.3 Å². The lowest BCUT2D eigenvalue weighted by atomic mass is 10.1. The summed E-state index contributed by atoms with van der Waals surface area (Å²) in [6.45, 7) is 0.00213. The number of carbonyl (C=O) groups is 1. The minimum Gasteiger partial charge on any atom is -0.472 e. The summed E-state index contributed by atoms with van der Waals surface area (Å²) in [6.07, 6.45) is -4.37. The zero-order chi connectivity index (χ0) is 14.8. The van der Waals surface area contributed by atoms with Gasteiger partial charge in [0.15, 0.2) is 0 Å². The number of halogens is 3. The van der Waals surface area contributed by atoms with E-state index in [1.54, 1.807) is 0 Å². The van der Waals surface area contributed by atoms with Gasteiger partial charge in [-0.3, -0.25) is 4.79 Å². The quantitative estimate of drug-likeness (QED) is 0.944. The van der Waals surface area contributed by atoms with Crippen molar-refractivity contribution in [2.45, 2.75) is 12.8 Å². The standard InChI is InChI=1S/C12H9F3N2O2S/c13-12(14,15)8-3-1-7(2-4-8)5-19-11-9(10(16)18)6-20-17-11/h1-4,6H,5H2,(H2,16,18). The normalized spacial score (nSPS) is 11.3. The second kappa shape index (κ2) is 5.49. The Labute approximate surface area is 116 Å². The van der Waals surface area contributed by atoms with Gasteiger partial charge in [-0.25, -0.2) is 0 Å². The van der Waals surface area contributed by atoms with E-state index in [-0.39, 0.29) is 18.1 Å². The second-order valence-electron chi connectivity index (χ2n) is 3.88. The Bertz CT molecular complexity index is 608. The van der Waals surface area contributed by atoms with E-state index in [0.717, 1.165) is 23.7 Å². The number of hydrogen-bond donors (Lipinski definition) is 1. The Morgan fingerprint density at radius 2 is 1.95 bits per heavy atom. The fourth-order valence-corrected chi connectivity index (χ4v) is 2.06. The molecule has 20 heavy (non-hydrogen) atoms. The van der Waals surface area contributed by atoms with Crippen molar-refractivity contribution in [2.24, 2.45) is 5.73 Å². The molecule has 106 valence electrons. The molecule has 0 aliphatic rings. The third-order valence-corrected chi connectivity index (χ3v) is 3.07. The molecule has 1 aromatic carbocycles. The number of rotatable bonds is 4. The van der Waals surface area contributed by atoms with Crippen LogP contribution in [0.25, 0.3) is 0 Å². The number of nitrogens with zero attached hydrogens (tertiary/aromatic N) is 1. The van der Waals surface area contributed by atoms with Gasteiger partial charge in [0.25, 0.3) is 5.91 Å². The Morgan fingerprint density at radius 3 is 2.50 bits per heavy atom. The zero-order valence-electron chi connectivity index (χ0n) is 9.98. The van der Waals surface area contributed by atoms with Gasteiger partial charge in [-0.15, -0.1) is 0 Å². The largest absolute Gasteiger partial charge is 0.472 e. The van der Waals surface area contributed by atoms with Crippen LogP contribution >= 0.6 is 11.5 Å². The van der Waals surface area contributed by atoms with Crippen LogP contribution in [0.3, 0.4) is 0 Å². The lowest BCUT2D eigenvalue weighted by Crippen LogP contribution is -2.12. The maximum absolute atomic E-state index is 12.4. The lowest BCUT2D eigenvalue weighted by Gasteiger charge is -2.08. The minimum atomic E-state index is -4.37. The minimum absolute atomic E-state index is 0.00213. The molecule has 0 saturated heterocycles. The molecule has 0 atom stereocenters. The smallest absolute Gasteiger partial charge is 0.416 e. The fraction of sp³-hybridized carbons (Fsp3) is 0.167. The van der Waals surface area contributed by atoms with Crippen molar-refractivity contribution < 1.29 is 22.7 Å².